The molecule has 0 aliphatic heterocycles. The van der Waals surface area contributed by atoms with Crippen LogP contribution in [0.15, 0.2) is 30.1 Å². The standard InChI is InChI=1S/C18H22ClN3O2S/c1-3-13-5-6-14(8-12-4-7-15(19)16(9-12)24-2)18(13,23)10-22-17(25)20-11-21-22/h4,7-9,11,13,23H,3,5-6,10H2,1-2H3,(H,20,21,25)/b14-8+. The smallest absolute Gasteiger partial charge is 0.215 e. The van der Waals surface area contributed by atoms with Crippen LogP contribution in [0.1, 0.15) is 31.7 Å². The minimum absolute atomic E-state index is 0.179. The number of nitrogens with one attached hydrogen (secondary N) is 1. The summed E-state index contributed by atoms with van der Waals surface area (Å²) in [6, 6.07) is 5.62. The van der Waals surface area contributed by atoms with E-state index in [0.717, 1.165) is 30.4 Å². The van der Waals surface area contributed by atoms with Gasteiger partial charge in [-0.25, -0.2) is 4.98 Å². The summed E-state index contributed by atoms with van der Waals surface area (Å²) < 4.78 is 7.46. The van der Waals surface area contributed by atoms with E-state index in [0.29, 0.717) is 22.1 Å². The van der Waals surface area contributed by atoms with Crippen molar-refractivity contribution in [2.24, 2.45) is 5.92 Å². The fourth-order valence-corrected chi connectivity index (χ4v) is 3.98. The first-order valence-electron chi connectivity index (χ1n) is 8.35. The number of halogens is 1. The van der Waals surface area contributed by atoms with Gasteiger partial charge in [0, 0.05) is 0 Å². The van der Waals surface area contributed by atoms with Gasteiger partial charge in [0.25, 0.3) is 0 Å². The molecule has 5 nitrogen and oxygen atoms in total. The minimum Gasteiger partial charge on any atom is -0.495 e. The first kappa shape index (κ1) is 18.2. The van der Waals surface area contributed by atoms with Crippen molar-refractivity contribution in [3.05, 3.63) is 45.5 Å². The Labute approximate surface area is 157 Å². The second-order valence-corrected chi connectivity index (χ2v) is 7.16. The van der Waals surface area contributed by atoms with E-state index in [9.17, 15) is 5.11 Å². The quantitative estimate of drug-likeness (QED) is 0.763. The van der Waals surface area contributed by atoms with Crippen LogP contribution in [0.3, 0.4) is 0 Å². The molecule has 1 aromatic heterocycles. The molecule has 1 fully saturated rings. The third-order valence-electron chi connectivity index (χ3n) is 5.02. The Morgan fingerprint density at radius 2 is 2.36 bits per heavy atom. The number of hydrogen-bond donors (Lipinski definition) is 2. The van der Waals surface area contributed by atoms with Crippen LogP contribution in [0, 0.1) is 10.7 Å². The lowest BCUT2D eigenvalue weighted by Crippen LogP contribution is -2.39. The van der Waals surface area contributed by atoms with Crippen LogP contribution in [0.5, 0.6) is 5.75 Å². The van der Waals surface area contributed by atoms with Gasteiger partial charge in [-0.05, 0) is 54.2 Å². The van der Waals surface area contributed by atoms with Crippen LogP contribution < -0.4 is 4.74 Å². The lowest BCUT2D eigenvalue weighted by Gasteiger charge is -2.31. The molecule has 1 aromatic carbocycles. The highest BCUT2D eigenvalue weighted by Crippen LogP contribution is 2.44. The normalized spacial score (nSPS) is 24.8. The predicted octanol–water partition coefficient (Wildman–Crippen LogP) is 4.24. The van der Waals surface area contributed by atoms with E-state index < -0.39 is 5.60 Å². The van der Waals surface area contributed by atoms with E-state index in [1.807, 2.05) is 24.3 Å². The lowest BCUT2D eigenvalue weighted by atomic mass is 9.85. The van der Waals surface area contributed by atoms with Crippen LogP contribution in [0.25, 0.3) is 6.08 Å². The number of aromatic nitrogens is 3. The summed E-state index contributed by atoms with van der Waals surface area (Å²) in [6.45, 7) is 2.48. The molecule has 1 heterocycles. The lowest BCUT2D eigenvalue weighted by molar-refractivity contribution is 0.0145. The number of benzene rings is 1. The van der Waals surface area contributed by atoms with Gasteiger partial charge >= 0.3 is 0 Å². The summed E-state index contributed by atoms with van der Waals surface area (Å²) in [7, 11) is 1.59. The maximum atomic E-state index is 11.5. The van der Waals surface area contributed by atoms with E-state index in [2.05, 4.69) is 17.0 Å². The highest BCUT2D eigenvalue weighted by molar-refractivity contribution is 7.71. The summed E-state index contributed by atoms with van der Waals surface area (Å²) in [5, 5.41) is 15.1. The zero-order valence-electron chi connectivity index (χ0n) is 14.3. The number of aliphatic hydroxyl groups is 1. The first-order chi connectivity index (χ1) is 12.0. The molecular weight excluding hydrogens is 358 g/mol. The average Bonchev–Trinajstić information content (AvgIpc) is 3.13. The molecule has 0 bridgehead atoms. The van der Waals surface area contributed by atoms with Crippen LogP contribution in [-0.2, 0) is 6.54 Å². The van der Waals surface area contributed by atoms with Crippen molar-refractivity contribution in [2.75, 3.05) is 7.11 Å². The molecular formula is C18H22ClN3O2S. The number of methoxy groups -OCH3 is 1. The maximum absolute atomic E-state index is 11.5. The van der Waals surface area contributed by atoms with Gasteiger partial charge in [-0.1, -0.05) is 37.1 Å². The Balaban J connectivity index is 1.98. The Morgan fingerprint density at radius 3 is 3.00 bits per heavy atom. The number of hydrogen-bond acceptors (Lipinski definition) is 4. The highest BCUT2D eigenvalue weighted by atomic mass is 35.5. The Kier molecular flexibility index (Phi) is 5.32. The number of H-pyrrole nitrogens is 1. The van der Waals surface area contributed by atoms with Gasteiger partial charge in [0.05, 0.1) is 18.7 Å². The SMILES string of the molecule is CCC1CC/C(=C\c2ccc(Cl)c(OC)c2)C1(O)Cn1[nH]cnc1=S. The van der Waals surface area contributed by atoms with Crippen molar-refractivity contribution in [1.29, 1.82) is 0 Å². The van der Waals surface area contributed by atoms with Crippen molar-refractivity contribution in [3.8, 4) is 5.75 Å². The Bertz CT molecular complexity index is 845. The van der Waals surface area contributed by atoms with Gasteiger partial charge in [-0.15, -0.1) is 0 Å². The maximum Gasteiger partial charge on any atom is 0.215 e. The van der Waals surface area contributed by atoms with E-state index in [4.69, 9.17) is 28.6 Å². The van der Waals surface area contributed by atoms with Gasteiger partial charge in [0.1, 0.15) is 17.7 Å². The third kappa shape index (κ3) is 3.52. The zero-order valence-corrected chi connectivity index (χ0v) is 15.9. The van der Waals surface area contributed by atoms with Crippen molar-refractivity contribution in [1.82, 2.24) is 14.8 Å². The number of ether oxygens (including phenoxy) is 1. The molecule has 25 heavy (non-hydrogen) atoms. The summed E-state index contributed by atoms with van der Waals surface area (Å²) >= 11 is 11.3. The molecule has 7 heteroatoms. The predicted molar refractivity (Wildman–Crippen MR) is 101 cm³/mol. The van der Waals surface area contributed by atoms with E-state index in [1.54, 1.807) is 18.1 Å². The number of aromatic amines is 1. The second-order valence-electron chi connectivity index (χ2n) is 6.39. The van der Waals surface area contributed by atoms with Gasteiger partial charge in [-0.3, -0.25) is 9.78 Å². The van der Waals surface area contributed by atoms with Crippen LogP contribution in [-0.4, -0.2) is 32.6 Å². The van der Waals surface area contributed by atoms with Crippen LogP contribution >= 0.6 is 23.8 Å². The van der Waals surface area contributed by atoms with Crippen molar-refractivity contribution >= 4 is 29.9 Å². The molecule has 0 spiro atoms. The Hall–Kier alpha value is -1.63. The average molecular weight is 380 g/mol. The van der Waals surface area contributed by atoms with Crippen molar-refractivity contribution in [3.63, 3.8) is 0 Å². The van der Waals surface area contributed by atoms with E-state index in [1.165, 1.54) is 0 Å². The number of rotatable bonds is 5. The zero-order chi connectivity index (χ0) is 18.0. The van der Waals surface area contributed by atoms with Crippen LogP contribution in [0.2, 0.25) is 5.02 Å². The molecule has 2 N–H and O–H groups in total. The third-order valence-corrected chi connectivity index (χ3v) is 5.66. The van der Waals surface area contributed by atoms with E-state index >= 15 is 0 Å². The van der Waals surface area contributed by atoms with Gasteiger partial charge < -0.3 is 9.84 Å². The molecule has 2 unspecified atom stereocenters. The molecule has 2 atom stereocenters. The summed E-state index contributed by atoms with van der Waals surface area (Å²) in [5.74, 6) is 0.804. The molecule has 2 aromatic rings. The molecule has 134 valence electrons. The second kappa shape index (κ2) is 7.32. The van der Waals surface area contributed by atoms with Crippen molar-refractivity contribution in [2.45, 2.75) is 38.3 Å². The fraction of sp³-hybridized carbons (Fsp3) is 0.444. The van der Waals surface area contributed by atoms with Crippen LogP contribution in [0.4, 0.5) is 0 Å². The van der Waals surface area contributed by atoms with Gasteiger partial charge in [0.15, 0.2) is 0 Å². The first-order valence-corrected chi connectivity index (χ1v) is 9.13. The fourth-order valence-electron chi connectivity index (χ4n) is 3.62. The molecule has 1 saturated carbocycles. The summed E-state index contributed by atoms with van der Waals surface area (Å²) in [6.07, 6.45) is 6.29. The minimum atomic E-state index is -0.952. The highest BCUT2D eigenvalue weighted by Gasteiger charge is 2.44. The molecule has 3 rings (SSSR count). The molecule has 0 amide bonds. The summed E-state index contributed by atoms with van der Waals surface area (Å²) in [4.78, 5) is 4.04. The number of nitrogens with zero attached hydrogens (tertiary/aromatic N) is 2. The summed E-state index contributed by atoms with van der Waals surface area (Å²) in [5.41, 5.74) is 1.01. The monoisotopic (exact) mass is 379 g/mol. The van der Waals surface area contributed by atoms with Crippen molar-refractivity contribution < 1.29 is 9.84 Å². The molecule has 0 saturated heterocycles. The largest absolute Gasteiger partial charge is 0.495 e. The molecule has 1 aliphatic rings. The topological polar surface area (TPSA) is 63.1 Å². The van der Waals surface area contributed by atoms with Gasteiger partial charge in [-0.2, -0.15) is 0 Å². The Morgan fingerprint density at radius 1 is 1.56 bits per heavy atom. The molecule has 1 aliphatic carbocycles. The molecule has 0 radical (unpaired) electrons. The van der Waals surface area contributed by atoms with E-state index in [-0.39, 0.29) is 5.92 Å². The van der Waals surface area contributed by atoms with Gasteiger partial charge in [0.2, 0.25) is 4.77 Å².